The van der Waals surface area contributed by atoms with E-state index >= 15 is 0 Å². The first-order chi connectivity index (χ1) is 6.95. The largest absolute Gasteiger partial charge is 0.363 e. The van der Waals surface area contributed by atoms with E-state index in [1.54, 1.807) is 0 Å². The summed E-state index contributed by atoms with van der Waals surface area (Å²) in [6.07, 6.45) is 2.79. The van der Waals surface area contributed by atoms with E-state index in [9.17, 15) is 0 Å². The van der Waals surface area contributed by atoms with Gasteiger partial charge >= 0.3 is 0 Å². The van der Waals surface area contributed by atoms with Gasteiger partial charge in [-0.15, -0.1) is 0 Å². The summed E-state index contributed by atoms with van der Waals surface area (Å²) in [7, 11) is 0. The molecule has 3 nitrogen and oxygen atoms in total. The number of hydrogen-bond donors (Lipinski definition) is 1. The molecule has 0 aromatic heterocycles. The predicted octanol–water partition coefficient (Wildman–Crippen LogP) is 0.0740. The molecule has 3 heteroatoms. The highest BCUT2D eigenvalue weighted by Crippen LogP contribution is 2.05. The molecule has 0 aromatic carbocycles. The summed E-state index contributed by atoms with van der Waals surface area (Å²) in [4.78, 5) is 2.41. The van der Waals surface area contributed by atoms with Crippen LogP contribution in [0, 0.1) is 11.8 Å². The van der Waals surface area contributed by atoms with Crippen molar-refractivity contribution in [3.8, 4) is 11.8 Å². The van der Waals surface area contributed by atoms with Crippen LogP contribution >= 0.6 is 0 Å². The number of morpholine rings is 1. The van der Waals surface area contributed by atoms with Gasteiger partial charge in [-0.3, -0.25) is 4.90 Å². The minimum Gasteiger partial charge on any atom is -0.363 e. The highest BCUT2D eigenvalue weighted by molar-refractivity contribution is 5.08. The van der Waals surface area contributed by atoms with Gasteiger partial charge in [-0.1, -0.05) is 11.8 Å². The first-order valence-corrected chi connectivity index (χ1v) is 5.48. The van der Waals surface area contributed by atoms with E-state index in [1.165, 1.54) is 25.9 Å². The lowest BCUT2D eigenvalue weighted by Gasteiger charge is -2.18. The Labute approximate surface area is 85.8 Å². The Morgan fingerprint density at radius 1 is 1.36 bits per heavy atom. The van der Waals surface area contributed by atoms with Crippen LogP contribution < -0.4 is 5.32 Å². The predicted molar refractivity (Wildman–Crippen MR) is 56.1 cm³/mol. The Bertz CT molecular complexity index is 219. The van der Waals surface area contributed by atoms with E-state index in [0.717, 1.165) is 26.2 Å². The minimum absolute atomic E-state index is 0.117. The van der Waals surface area contributed by atoms with E-state index in [2.05, 4.69) is 22.1 Å². The van der Waals surface area contributed by atoms with Gasteiger partial charge in [0.1, 0.15) is 6.10 Å². The van der Waals surface area contributed by atoms with Crippen LogP contribution in [-0.2, 0) is 4.74 Å². The number of ether oxygens (including phenoxy) is 1. The van der Waals surface area contributed by atoms with Gasteiger partial charge in [0.2, 0.25) is 0 Å². The summed E-state index contributed by atoms with van der Waals surface area (Å²) in [5, 5.41) is 3.27. The fraction of sp³-hybridized carbons (Fsp3) is 0.818. The molecule has 2 rings (SSSR count). The summed E-state index contributed by atoms with van der Waals surface area (Å²) < 4.78 is 5.49. The second kappa shape index (κ2) is 5.35. The molecular weight excluding hydrogens is 176 g/mol. The fourth-order valence-corrected chi connectivity index (χ4v) is 1.87. The van der Waals surface area contributed by atoms with Crippen molar-refractivity contribution in [2.24, 2.45) is 0 Å². The van der Waals surface area contributed by atoms with Crippen molar-refractivity contribution in [2.45, 2.75) is 18.9 Å². The number of likely N-dealkylation sites (tertiary alicyclic amines) is 1. The van der Waals surface area contributed by atoms with Gasteiger partial charge in [0.15, 0.2) is 0 Å². The lowest BCUT2D eigenvalue weighted by atomic mass is 10.3. The molecule has 1 N–H and O–H groups in total. The number of nitrogens with one attached hydrogen (secondary N) is 1. The lowest BCUT2D eigenvalue weighted by molar-refractivity contribution is 0.0650. The van der Waals surface area contributed by atoms with E-state index < -0.39 is 0 Å². The molecule has 0 amide bonds. The maximum absolute atomic E-state index is 5.49. The molecule has 78 valence electrons. The zero-order valence-corrected chi connectivity index (χ0v) is 8.59. The monoisotopic (exact) mass is 194 g/mol. The van der Waals surface area contributed by atoms with Gasteiger partial charge in [-0.05, 0) is 25.9 Å². The molecule has 0 radical (unpaired) electrons. The van der Waals surface area contributed by atoms with Gasteiger partial charge < -0.3 is 10.1 Å². The zero-order chi connectivity index (χ0) is 9.64. The first kappa shape index (κ1) is 9.97. The highest BCUT2D eigenvalue weighted by atomic mass is 16.5. The van der Waals surface area contributed by atoms with E-state index in [0.29, 0.717) is 0 Å². The van der Waals surface area contributed by atoms with E-state index in [4.69, 9.17) is 4.74 Å². The minimum atomic E-state index is 0.117. The summed E-state index contributed by atoms with van der Waals surface area (Å²) in [6.45, 7) is 6.00. The summed E-state index contributed by atoms with van der Waals surface area (Å²) in [5.74, 6) is 6.38. The lowest BCUT2D eigenvalue weighted by Crippen LogP contribution is -2.37. The Morgan fingerprint density at radius 2 is 2.21 bits per heavy atom. The van der Waals surface area contributed by atoms with E-state index in [-0.39, 0.29) is 6.10 Å². The number of nitrogens with zero attached hydrogens (tertiary/aromatic N) is 1. The maximum Gasteiger partial charge on any atom is 0.130 e. The van der Waals surface area contributed by atoms with Crippen LogP contribution in [0.3, 0.4) is 0 Å². The Hall–Kier alpha value is -0.560. The molecule has 1 atom stereocenters. The quantitative estimate of drug-likeness (QED) is 0.598. The third-order valence-corrected chi connectivity index (χ3v) is 2.69. The SMILES string of the molecule is C(#CC1CNCCO1)CN1CCCC1. The second-order valence-corrected chi connectivity index (χ2v) is 3.87. The third kappa shape index (κ3) is 2.98. The Kier molecular flexibility index (Phi) is 3.81. The molecular formula is C11H18N2O. The average Bonchev–Trinajstić information content (AvgIpc) is 2.72. The highest BCUT2D eigenvalue weighted by Gasteiger charge is 2.11. The van der Waals surface area contributed by atoms with Gasteiger partial charge in [-0.25, -0.2) is 0 Å². The zero-order valence-electron chi connectivity index (χ0n) is 8.59. The van der Waals surface area contributed by atoms with Crippen molar-refractivity contribution in [1.29, 1.82) is 0 Å². The van der Waals surface area contributed by atoms with Gasteiger partial charge in [0.25, 0.3) is 0 Å². The van der Waals surface area contributed by atoms with Crippen molar-refractivity contribution in [3.05, 3.63) is 0 Å². The third-order valence-electron chi connectivity index (χ3n) is 2.69. The molecule has 0 aliphatic carbocycles. The summed E-state index contributed by atoms with van der Waals surface area (Å²) in [5.41, 5.74) is 0. The summed E-state index contributed by atoms with van der Waals surface area (Å²) in [6, 6.07) is 0. The van der Waals surface area contributed by atoms with Gasteiger partial charge in [0, 0.05) is 13.1 Å². The van der Waals surface area contributed by atoms with Gasteiger partial charge in [-0.2, -0.15) is 0 Å². The van der Waals surface area contributed by atoms with Crippen LogP contribution in [0.25, 0.3) is 0 Å². The van der Waals surface area contributed by atoms with Crippen LogP contribution in [0.1, 0.15) is 12.8 Å². The molecule has 0 aromatic rings. The van der Waals surface area contributed by atoms with Crippen LogP contribution in [-0.4, -0.2) is 50.3 Å². The molecule has 2 aliphatic rings. The first-order valence-electron chi connectivity index (χ1n) is 5.48. The second-order valence-electron chi connectivity index (χ2n) is 3.87. The number of hydrogen-bond acceptors (Lipinski definition) is 3. The standard InChI is InChI=1S/C11H18N2O/c1-2-7-13(6-1)8-3-4-11-10-12-5-9-14-11/h11-12H,1-2,5-10H2. The molecule has 2 aliphatic heterocycles. The van der Waals surface area contributed by atoms with Crippen molar-refractivity contribution >= 4 is 0 Å². The molecule has 14 heavy (non-hydrogen) atoms. The average molecular weight is 194 g/mol. The number of rotatable bonds is 1. The molecule has 2 heterocycles. The normalized spacial score (nSPS) is 28.4. The molecule has 0 spiro atoms. The van der Waals surface area contributed by atoms with Crippen LogP contribution in [0.4, 0.5) is 0 Å². The van der Waals surface area contributed by atoms with Crippen LogP contribution in [0.15, 0.2) is 0 Å². The molecule has 1 unspecified atom stereocenters. The van der Waals surface area contributed by atoms with Crippen molar-refractivity contribution < 1.29 is 4.74 Å². The Morgan fingerprint density at radius 3 is 2.93 bits per heavy atom. The van der Waals surface area contributed by atoms with Crippen molar-refractivity contribution in [1.82, 2.24) is 10.2 Å². The van der Waals surface area contributed by atoms with Crippen LogP contribution in [0.2, 0.25) is 0 Å². The van der Waals surface area contributed by atoms with Crippen molar-refractivity contribution in [3.63, 3.8) is 0 Å². The Balaban J connectivity index is 1.69. The maximum atomic E-state index is 5.49. The smallest absolute Gasteiger partial charge is 0.130 e. The summed E-state index contributed by atoms with van der Waals surface area (Å²) >= 11 is 0. The topological polar surface area (TPSA) is 24.5 Å². The molecule has 0 bridgehead atoms. The molecule has 2 fully saturated rings. The van der Waals surface area contributed by atoms with Crippen LogP contribution in [0.5, 0.6) is 0 Å². The van der Waals surface area contributed by atoms with Gasteiger partial charge in [0.05, 0.1) is 13.2 Å². The molecule has 0 saturated carbocycles. The molecule has 2 saturated heterocycles. The van der Waals surface area contributed by atoms with E-state index in [1.807, 2.05) is 0 Å². The fourth-order valence-electron chi connectivity index (χ4n) is 1.87. The van der Waals surface area contributed by atoms with Crippen molar-refractivity contribution in [2.75, 3.05) is 39.3 Å².